The molecule has 3 amide bonds. The molecule has 15 heteroatoms. The van der Waals surface area contributed by atoms with Crippen molar-refractivity contribution >= 4 is 46.5 Å². The van der Waals surface area contributed by atoms with Gasteiger partial charge in [-0.05, 0) is 92.9 Å². The predicted molar refractivity (Wildman–Crippen MR) is 270 cm³/mol. The van der Waals surface area contributed by atoms with Gasteiger partial charge in [0.1, 0.15) is 29.9 Å². The molecule has 3 aliphatic rings. The molecular formula is C54H65ClN8O5S. The average Bonchev–Trinajstić information content (AvgIpc) is 4.13. The first-order valence-electron chi connectivity index (χ1n) is 24.3. The summed E-state index contributed by atoms with van der Waals surface area (Å²) in [7, 11) is 0. The van der Waals surface area contributed by atoms with E-state index < -0.39 is 12.0 Å². The Hall–Kier alpha value is -5.75. The molecule has 2 N–H and O–H groups in total. The number of carbonyl (C=O) groups is 3. The molecular weight excluding hydrogens is 908 g/mol. The summed E-state index contributed by atoms with van der Waals surface area (Å²) in [4.78, 5) is 53.5. The van der Waals surface area contributed by atoms with Crippen molar-refractivity contribution in [2.24, 2.45) is 16.7 Å². The quantitative estimate of drug-likeness (QED) is 0.0976. The first-order valence-corrected chi connectivity index (χ1v) is 25.5. The third kappa shape index (κ3) is 10.6. The van der Waals surface area contributed by atoms with E-state index in [1.165, 1.54) is 5.56 Å². The number of halogens is 1. The molecule has 1 aliphatic carbocycles. The maximum Gasteiger partial charge on any atom is 0.251 e. The zero-order chi connectivity index (χ0) is 49.2. The van der Waals surface area contributed by atoms with Gasteiger partial charge >= 0.3 is 0 Å². The van der Waals surface area contributed by atoms with E-state index >= 15 is 0 Å². The van der Waals surface area contributed by atoms with Gasteiger partial charge in [0.15, 0.2) is 11.6 Å². The summed E-state index contributed by atoms with van der Waals surface area (Å²) in [5, 5.41) is 20.5. The van der Waals surface area contributed by atoms with Crippen LogP contribution in [-0.2, 0) is 16.0 Å². The van der Waals surface area contributed by atoms with E-state index in [9.17, 15) is 19.6 Å². The summed E-state index contributed by atoms with van der Waals surface area (Å²) >= 11 is 7.88. The normalized spacial score (nSPS) is 20.7. The largest absolute Gasteiger partial charge is 0.489 e. The lowest BCUT2D eigenvalue weighted by Crippen LogP contribution is -2.74. The molecule has 5 aromatic rings. The number of anilines is 1. The molecule has 3 fully saturated rings. The van der Waals surface area contributed by atoms with E-state index in [1.54, 1.807) is 34.4 Å². The Morgan fingerprint density at radius 2 is 1.67 bits per heavy atom. The number of nitrogens with one attached hydrogen (secondary N) is 2. The fourth-order valence-corrected chi connectivity index (χ4v) is 12.1. The minimum Gasteiger partial charge on any atom is -0.489 e. The summed E-state index contributed by atoms with van der Waals surface area (Å²) in [6.07, 6.45) is 3.10. The average molecular weight is 974 g/mol. The van der Waals surface area contributed by atoms with Gasteiger partial charge in [-0.25, -0.2) is 4.98 Å². The predicted octanol–water partition coefficient (Wildman–Crippen LogP) is 9.61. The van der Waals surface area contributed by atoms with Gasteiger partial charge in [-0.2, -0.15) is 5.26 Å². The molecule has 0 radical (unpaired) electrons. The van der Waals surface area contributed by atoms with Gasteiger partial charge in [0, 0.05) is 67.3 Å². The maximum absolute atomic E-state index is 14.3. The van der Waals surface area contributed by atoms with Crippen LogP contribution in [0, 0.1) is 35.0 Å². The molecule has 4 heterocycles. The van der Waals surface area contributed by atoms with E-state index in [4.69, 9.17) is 20.9 Å². The smallest absolute Gasteiger partial charge is 0.251 e. The number of likely N-dealkylation sites (tertiary alicyclic amines) is 1. The molecule has 8 rings (SSSR count). The molecule has 13 nitrogen and oxygen atoms in total. The van der Waals surface area contributed by atoms with Gasteiger partial charge < -0.3 is 29.7 Å². The van der Waals surface area contributed by atoms with Crippen LogP contribution in [0.4, 0.5) is 5.82 Å². The zero-order valence-corrected chi connectivity index (χ0v) is 42.6. The highest BCUT2D eigenvalue weighted by Gasteiger charge is 2.64. The van der Waals surface area contributed by atoms with E-state index in [2.05, 4.69) is 76.5 Å². The topological polar surface area (TPSA) is 157 Å². The van der Waals surface area contributed by atoms with Crippen molar-refractivity contribution in [2.45, 2.75) is 111 Å². The number of hydrogen-bond donors (Lipinski definition) is 2. The standard InChI is InChI=1S/C54H65ClN8O5S/c1-33(2)46(50(66)63-24-10-12-43(63)49(65)58-34(3)37-17-19-38(20-18-37)47-35(4)57-32-69-47)44-30-45(60-68-44)62-27-25-61(26-28-62)23-9-11-36-13-15-39(16-14-36)48(64)59-51-53(5,6)52(54(51,7)8)67-41-22-21-40(31-56)42(55)29-41/h13-22,29-30,32-34,43,46,51-52H,9-12,23-28H2,1-8H3,(H,58,65)(H,59,64)/t34-,43-,46?,51?,52?/m0/s1. The van der Waals surface area contributed by atoms with Crippen molar-refractivity contribution < 1.29 is 23.6 Å². The molecule has 2 aliphatic heterocycles. The second-order valence-electron chi connectivity index (χ2n) is 20.5. The second-order valence-corrected chi connectivity index (χ2v) is 21.8. The van der Waals surface area contributed by atoms with Crippen LogP contribution in [0.25, 0.3) is 10.4 Å². The summed E-state index contributed by atoms with van der Waals surface area (Å²) in [6, 6.07) is 24.4. The van der Waals surface area contributed by atoms with E-state index in [0.717, 1.165) is 79.5 Å². The van der Waals surface area contributed by atoms with Crippen LogP contribution in [0.1, 0.15) is 118 Å². The number of rotatable bonds is 16. The van der Waals surface area contributed by atoms with Crippen LogP contribution in [0.3, 0.4) is 0 Å². The molecule has 0 spiro atoms. The fourth-order valence-electron chi connectivity index (χ4n) is 11.0. The fraction of sp³-hybridized carbons (Fsp3) is 0.481. The number of hydrogen-bond acceptors (Lipinski definition) is 11. The lowest BCUT2D eigenvalue weighted by Gasteiger charge is -2.63. The first kappa shape index (κ1) is 49.7. The van der Waals surface area contributed by atoms with Gasteiger partial charge in [-0.3, -0.25) is 19.3 Å². The van der Waals surface area contributed by atoms with Crippen LogP contribution >= 0.6 is 22.9 Å². The van der Waals surface area contributed by atoms with Gasteiger partial charge in [0.25, 0.3) is 5.91 Å². The Balaban J connectivity index is 0.779. The van der Waals surface area contributed by atoms with Gasteiger partial charge in [-0.15, -0.1) is 11.3 Å². The molecule has 3 atom stereocenters. The Morgan fingerprint density at radius 3 is 2.30 bits per heavy atom. The number of nitriles is 1. The van der Waals surface area contributed by atoms with Crippen molar-refractivity contribution in [1.82, 2.24) is 30.6 Å². The summed E-state index contributed by atoms with van der Waals surface area (Å²) in [6.45, 7) is 21.2. The van der Waals surface area contributed by atoms with Gasteiger partial charge in [-0.1, -0.05) is 94.7 Å². The van der Waals surface area contributed by atoms with E-state index in [-0.39, 0.29) is 52.7 Å². The number of aryl methyl sites for hydroxylation is 2. The van der Waals surface area contributed by atoms with Gasteiger partial charge in [0.2, 0.25) is 11.8 Å². The Morgan fingerprint density at radius 1 is 0.957 bits per heavy atom. The Bertz CT molecular complexity index is 2650. The molecule has 1 saturated carbocycles. The third-order valence-electron chi connectivity index (χ3n) is 14.7. The number of amides is 3. The molecule has 2 aromatic heterocycles. The van der Waals surface area contributed by atoms with Crippen molar-refractivity contribution in [1.29, 1.82) is 5.26 Å². The minimum atomic E-state index is -0.553. The van der Waals surface area contributed by atoms with Crippen LogP contribution < -0.4 is 20.3 Å². The third-order valence-corrected chi connectivity index (χ3v) is 15.9. The molecule has 1 unspecified atom stereocenters. The maximum atomic E-state index is 14.3. The van der Waals surface area contributed by atoms with Crippen LogP contribution in [0.5, 0.6) is 5.75 Å². The van der Waals surface area contributed by atoms with Crippen LogP contribution in [0.2, 0.25) is 5.02 Å². The van der Waals surface area contributed by atoms with Crippen molar-refractivity contribution in [3.05, 3.63) is 117 Å². The minimum absolute atomic E-state index is 0.0582. The summed E-state index contributed by atoms with van der Waals surface area (Å²) in [5.41, 5.74) is 6.48. The van der Waals surface area contributed by atoms with Crippen LogP contribution in [-0.4, -0.2) is 95.1 Å². The Kier molecular flexibility index (Phi) is 14.9. The highest BCUT2D eigenvalue weighted by atomic mass is 35.5. The molecule has 364 valence electrons. The number of carbonyl (C=O) groups excluding carboxylic acids is 3. The highest BCUT2D eigenvalue weighted by molar-refractivity contribution is 7.13. The first-order chi connectivity index (χ1) is 33.0. The van der Waals surface area contributed by atoms with E-state index in [1.807, 2.05) is 75.7 Å². The summed E-state index contributed by atoms with van der Waals surface area (Å²) < 4.78 is 12.3. The zero-order valence-electron chi connectivity index (χ0n) is 41.1. The SMILES string of the molecule is Cc1ncsc1-c1ccc([C@H](C)NC(=O)[C@@H]2CCCN2C(=O)C(c2cc(N3CCN(CCCc4ccc(C(=O)NC5C(C)(C)C(Oc6ccc(C#N)c(Cl)c6)C5(C)C)cc4)CC3)no2)C(C)C)cc1. The summed E-state index contributed by atoms with van der Waals surface area (Å²) in [5.74, 6) is 0.916. The highest BCUT2D eigenvalue weighted by Crippen LogP contribution is 2.55. The van der Waals surface area contributed by atoms with E-state index in [0.29, 0.717) is 40.6 Å². The Labute approximate surface area is 415 Å². The van der Waals surface area contributed by atoms with Crippen molar-refractivity contribution in [2.75, 3.05) is 44.2 Å². The van der Waals surface area contributed by atoms with Crippen molar-refractivity contribution in [3.8, 4) is 22.3 Å². The molecule has 3 aromatic carbocycles. The monoisotopic (exact) mass is 972 g/mol. The lowest BCUT2D eigenvalue weighted by molar-refractivity contribution is -0.164. The number of piperazine rings is 1. The number of thiazole rings is 1. The number of ether oxygens (including phenoxy) is 1. The molecule has 0 bridgehead atoms. The number of nitrogens with zero attached hydrogens (tertiary/aromatic N) is 6. The number of aromatic nitrogens is 2. The number of benzene rings is 3. The lowest BCUT2D eigenvalue weighted by atomic mass is 9.49. The second kappa shape index (κ2) is 20.7. The van der Waals surface area contributed by atoms with Crippen LogP contribution in [0.15, 0.2) is 82.8 Å². The van der Waals surface area contributed by atoms with Gasteiger partial charge in [0.05, 0.1) is 32.7 Å². The molecule has 69 heavy (non-hydrogen) atoms. The molecule has 2 saturated heterocycles. The van der Waals surface area contributed by atoms with Crippen molar-refractivity contribution in [3.63, 3.8) is 0 Å².